The van der Waals surface area contributed by atoms with Crippen LogP contribution in [0.3, 0.4) is 0 Å². The standard InChI is InChI=1S/C20H15NO/c22-19(9-4-14-10-12-21-13-11-14)17-8-7-16-6-5-15-2-1-3-18(17)20(15)16/h1-4,7-13H,5-6H2/b9-4+. The fourth-order valence-corrected chi connectivity index (χ4v) is 3.20. The Morgan fingerprint density at radius 1 is 0.955 bits per heavy atom. The average molecular weight is 285 g/mol. The van der Waals surface area contributed by atoms with Crippen molar-refractivity contribution in [2.45, 2.75) is 12.8 Å². The van der Waals surface area contributed by atoms with Gasteiger partial charge in [0.15, 0.2) is 5.78 Å². The summed E-state index contributed by atoms with van der Waals surface area (Å²) >= 11 is 0. The van der Waals surface area contributed by atoms with Crippen molar-refractivity contribution in [3.63, 3.8) is 0 Å². The SMILES string of the molecule is O=C(/C=C/c1ccncc1)c1ccc2c3c(cccc13)CC2. The van der Waals surface area contributed by atoms with Gasteiger partial charge in [0.1, 0.15) is 0 Å². The van der Waals surface area contributed by atoms with E-state index in [1.807, 2.05) is 24.3 Å². The topological polar surface area (TPSA) is 30.0 Å². The summed E-state index contributed by atoms with van der Waals surface area (Å²) in [6.45, 7) is 0. The van der Waals surface area contributed by atoms with Crippen molar-refractivity contribution in [2.24, 2.45) is 0 Å². The number of ketones is 1. The summed E-state index contributed by atoms with van der Waals surface area (Å²) in [5.41, 5.74) is 4.49. The van der Waals surface area contributed by atoms with Crippen LogP contribution in [0, 0.1) is 0 Å². The van der Waals surface area contributed by atoms with Gasteiger partial charge in [0, 0.05) is 18.0 Å². The van der Waals surface area contributed by atoms with Gasteiger partial charge in [0.05, 0.1) is 0 Å². The van der Waals surface area contributed by atoms with Crippen molar-refractivity contribution in [3.8, 4) is 0 Å². The van der Waals surface area contributed by atoms with E-state index in [-0.39, 0.29) is 5.78 Å². The second kappa shape index (κ2) is 5.23. The highest BCUT2D eigenvalue weighted by molar-refractivity contribution is 6.15. The van der Waals surface area contributed by atoms with Crippen molar-refractivity contribution in [1.82, 2.24) is 4.98 Å². The first-order chi connectivity index (χ1) is 10.8. The van der Waals surface area contributed by atoms with Gasteiger partial charge in [-0.25, -0.2) is 0 Å². The molecule has 1 aromatic heterocycles. The van der Waals surface area contributed by atoms with Crippen LogP contribution >= 0.6 is 0 Å². The minimum absolute atomic E-state index is 0.0485. The molecule has 0 spiro atoms. The predicted octanol–water partition coefficient (Wildman–Crippen LogP) is 4.23. The molecule has 0 unspecified atom stereocenters. The van der Waals surface area contributed by atoms with Gasteiger partial charge in [-0.2, -0.15) is 0 Å². The van der Waals surface area contributed by atoms with E-state index >= 15 is 0 Å². The average Bonchev–Trinajstić information content (AvgIpc) is 2.99. The molecule has 4 rings (SSSR count). The summed E-state index contributed by atoms with van der Waals surface area (Å²) in [5, 5.41) is 2.36. The van der Waals surface area contributed by atoms with Crippen molar-refractivity contribution < 1.29 is 4.79 Å². The molecule has 0 amide bonds. The molecule has 0 radical (unpaired) electrons. The minimum atomic E-state index is 0.0485. The molecule has 3 aromatic rings. The number of benzene rings is 2. The molecule has 106 valence electrons. The highest BCUT2D eigenvalue weighted by Gasteiger charge is 2.17. The maximum atomic E-state index is 12.6. The molecule has 0 fully saturated rings. The summed E-state index contributed by atoms with van der Waals surface area (Å²) in [5.74, 6) is 0.0485. The third-order valence-corrected chi connectivity index (χ3v) is 4.28. The third-order valence-electron chi connectivity index (χ3n) is 4.28. The van der Waals surface area contributed by atoms with E-state index in [9.17, 15) is 4.79 Å². The molecule has 0 aliphatic heterocycles. The first kappa shape index (κ1) is 13.0. The lowest BCUT2D eigenvalue weighted by Crippen LogP contribution is -1.96. The van der Waals surface area contributed by atoms with Crippen LogP contribution in [0.4, 0.5) is 0 Å². The number of pyridine rings is 1. The van der Waals surface area contributed by atoms with Gasteiger partial charge in [-0.1, -0.05) is 36.4 Å². The van der Waals surface area contributed by atoms with Crippen LogP contribution < -0.4 is 0 Å². The monoisotopic (exact) mass is 285 g/mol. The Morgan fingerprint density at radius 2 is 1.73 bits per heavy atom. The maximum absolute atomic E-state index is 12.6. The van der Waals surface area contributed by atoms with E-state index in [0.717, 1.165) is 29.4 Å². The Bertz CT molecular complexity index is 884. The van der Waals surface area contributed by atoms with Crippen molar-refractivity contribution >= 4 is 22.6 Å². The second-order valence-corrected chi connectivity index (χ2v) is 5.59. The van der Waals surface area contributed by atoms with Crippen molar-refractivity contribution in [1.29, 1.82) is 0 Å². The van der Waals surface area contributed by atoms with Gasteiger partial charge in [-0.05, 0) is 58.5 Å². The summed E-state index contributed by atoms with van der Waals surface area (Å²) in [6, 6.07) is 14.1. The molecule has 2 aromatic carbocycles. The lowest BCUT2D eigenvalue weighted by Gasteiger charge is -2.06. The van der Waals surface area contributed by atoms with Crippen LogP contribution in [0.2, 0.25) is 0 Å². The second-order valence-electron chi connectivity index (χ2n) is 5.59. The molecule has 1 aliphatic rings. The molecule has 2 heteroatoms. The third kappa shape index (κ3) is 2.13. The van der Waals surface area contributed by atoms with Crippen LogP contribution in [0.25, 0.3) is 16.8 Å². The number of carbonyl (C=O) groups excluding carboxylic acids is 1. The number of rotatable bonds is 3. The number of aryl methyl sites for hydroxylation is 2. The van der Waals surface area contributed by atoms with E-state index in [1.165, 1.54) is 16.5 Å². The maximum Gasteiger partial charge on any atom is 0.186 e. The van der Waals surface area contributed by atoms with E-state index in [0.29, 0.717) is 0 Å². The molecule has 1 heterocycles. The number of hydrogen-bond acceptors (Lipinski definition) is 2. The lowest BCUT2D eigenvalue weighted by atomic mass is 9.97. The highest BCUT2D eigenvalue weighted by Crippen LogP contribution is 2.33. The fraction of sp³-hybridized carbons (Fsp3) is 0.100. The van der Waals surface area contributed by atoms with Crippen LogP contribution in [0.15, 0.2) is 60.9 Å². The molecule has 0 saturated heterocycles. The largest absolute Gasteiger partial charge is 0.289 e. The molecule has 1 aliphatic carbocycles. The zero-order valence-corrected chi connectivity index (χ0v) is 12.1. The van der Waals surface area contributed by atoms with Gasteiger partial charge in [0.2, 0.25) is 0 Å². The Hall–Kier alpha value is -2.74. The van der Waals surface area contributed by atoms with Crippen LogP contribution in [0.5, 0.6) is 0 Å². The number of nitrogens with zero attached hydrogens (tertiary/aromatic N) is 1. The fourth-order valence-electron chi connectivity index (χ4n) is 3.20. The first-order valence-electron chi connectivity index (χ1n) is 7.49. The number of hydrogen-bond donors (Lipinski definition) is 0. The molecule has 0 saturated carbocycles. The summed E-state index contributed by atoms with van der Waals surface area (Å²) in [7, 11) is 0. The molecule has 22 heavy (non-hydrogen) atoms. The Balaban J connectivity index is 1.76. The smallest absolute Gasteiger partial charge is 0.186 e. The first-order valence-corrected chi connectivity index (χ1v) is 7.49. The van der Waals surface area contributed by atoms with E-state index in [2.05, 4.69) is 29.2 Å². The van der Waals surface area contributed by atoms with Gasteiger partial charge in [-0.3, -0.25) is 9.78 Å². The molecule has 0 N–H and O–H groups in total. The Kier molecular flexibility index (Phi) is 3.08. The van der Waals surface area contributed by atoms with Crippen LogP contribution in [0.1, 0.15) is 27.0 Å². The van der Waals surface area contributed by atoms with Crippen molar-refractivity contribution in [2.75, 3.05) is 0 Å². The summed E-state index contributed by atoms with van der Waals surface area (Å²) in [6.07, 6.45) is 9.10. The van der Waals surface area contributed by atoms with Crippen molar-refractivity contribution in [3.05, 3.63) is 83.2 Å². The van der Waals surface area contributed by atoms with Gasteiger partial charge < -0.3 is 0 Å². The van der Waals surface area contributed by atoms with Crippen LogP contribution in [-0.2, 0) is 12.8 Å². The van der Waals surface area contributed by atoms with Crippen LogP contribution in [-0.4, -0.2) is 10.8 Å². The molecule has 0 atom stereocenters. The molecular formula is C20H15NO. The van der Waals surface area contributed by atoms with E-state index in [1.54, 1.807) is 18.5 Å². The molecule has 2 nitrogen and oxygen atoms in total. The highest BCUT2D eigenvalue weighted by atomic mass is 16.1. The normalized spacial score (nSPS) is 13.1. The summed E-state index contributed by atoms with van der Waals surface area (Å²) < 4.78 is 0. The quantitative estimate of drug-likeness (QED) is 0.532. The molecule has 0 bridgehead atoms. The Labute approximate surface area is 129 Å². The van der Waals surface area contributed by atoms with E-state index in [4.69, 9.17) is 0 Å². The summed E-state index contributed by atoms with van der Waals surface area (Å²) in [4.78, 5) is 16.6. The minimum Gasteiger partial charge on any atom is -0.289 e. The van der Waals surface area contributed by atoms with E-state index < -0.39 is 0 Å². The predicted molar refractivity (Wildman–Crippen MR) is 89.0 cm³/mol. The zero-order valence-electron chi connectivity index (χ0n) is 12.1. The number of carbonyl (C=O) groups is 1. The zero-order chi connectivity index (χ0) is 14.9. The lowest BCUT2D eigenvalue weighted by molar-refractivity contribution is 0.104. The van der Waals surface area contributed by atoms with Gasteiger partial charge in [-0.15, -0.1) is 0 Å². The molecular weight excluding hydrogens is 270 g/mol. The van der Waals surface area contributed by atoms with Gasteiger partial charge >= 0.3 is 0 Å². The Morgan fingerprint density at radius 3 is 2.55 bits per heavy atom. The van der Waals surface area contributed by atoms with Gasteiger partial charge in [0.25, 0.3) is 0 Å². The number of aromatic nitrogens is 1. The number of allylic oxidation sites excluding steroid dienone is 1.